The maximum absolute atomic E-state index is 12.6. The SMILES string of the molecule is O=C(N[C@@H]1CCN(Cc2ccc(C(F)(F)F)cc2)C1)[C@@H]1CCCN1. The Morgan fingerprint density at radius 3 is 2.62 bits per heavy atom. The molecule has 0 spiro atoms. The van der Waals surface area contributed by atoms with Crippen LogP contribution in [0.2, 0.25) is 0 Å². The molecular weight excluding hydrogens is 319 g/mol. The summed E-state index contributed by atoms with van der Waals surface area (Å²) in [6.45, 7) is 3.07. The molecule has 0 saturated carbocycles. The third-order valence-electron chi connectivity index (χ3n) is 4.68. The number of nitrogens with zero attached hydrogens (tertiary/aromatic N) is 1. The Kier molecular flexibility index (Phi) is 5.10. The van der Waals surface area contributed by atoms with Gasteiger partial charge >= 0.3 is 6.18 Å². The zero-order chi connectivity index (χ0) is 17.2. The minimum absolute atomic E-state index is 0.0638. The van der Waals surface area contributed by atoms with Crippen LogP contribution in [0.15, 0.2) is 24.3 Å². The van der Waals surface area contributed by atoms with Gasteiger partial charge in [0.05, 0.1) is 11.6 Å². The maximum Gasteiger partial charge on any atom is 0.416 e. The van der Waals surface area contributed by atoms with E-state index < -0.39 is 11.7 Å². The van der Waals surface area contributed by atoms with E-state index in [0.717, 1.165) is 56.6 Å². The first-order chi connectivity index (χ1) is 11.4. The summed E-state index contributed by atoms with van der Waals surface area (Å²) in [6, 6.07) is 5.34. The molecule has 2 atom stereocenters. The second kappa shape index (κ2) is 7.11. The van der Waals surface area contributed by atoms with E-state index in [9.17, 15) is 18.0 Å². The lowest BCUT2D eigenvalue weighted by Crippen LogP contribution is -2.46. The van der Waals surface area contributed by atoms with Crippen molar-refractivity contribution in [2.45, 2.75) is 44.1 Å². The average Bonchev–Trinajstić information content (AvgIpc) is 3.19. The summed E-state index contributed by atoms with van der Waals surface area (Å²) >= 11 is 0. The van der Waals surface area contributed by atoms with Crippen molar-refractivity contribution in [2.75, 3.05) is 19.6 Å². The molecule has 2 N–H and O–H groups in total. The third kappa shape index (κ3) is 4.27. The van der Waals surface area contributed by atoms with Crippen LogP contribution in [0.4, 0.5) is 13.2 Å². The summed E-state index contributed by atoms with van der Waals surface area (Å²) in [5.41, 5.74) is 0.231. The van der Waals surface area contributed by atoms with Crippen molar-refractivity contribution in [1.29, 1.82) is 0 Å². The average molecular weight is 341 g/mol. The summed E-state index contributed by atoms with van der Waals surface area (Å²) in [5.74, 6) is 0.0638. The molecular formula is C17H22F3N3O. The van der Waals surface area contributed by atoms with Crippen molar-refractivity contribution in [3.05, 3.63) is 35.4 Å². The first kappa shape index (κ1) is 17.2. The highest BCUT2D eigenvalue weighted by Gasteiger charge is 2.31. The molecule has 0 unspecified atom stereocenters. The molecule has 0 bridgehead atoms. The second-order valence-electron chi connectivity index (χ2n) is 6.57. The van der Waals surface area contributed by atoms with Gasteiger partial charge in [0.2, 0.25) is 5.91 Å². The van der Waals surface area contributed by atoms with Crippen LogP contribution < -0.4 is 10.6 Å². The fraction of sp³-hybridized carbons (Fsp3) is 0.588. The van der Waals surface area contributed by atoms with Crippen molar-refractivity contribution in [2.24, 2.45) is 0 Å². The third-order valence-corrected chi connectivity index (χ3v) is 4.68. The van der Waals surface area contributed by atoms with Gasteiger partial charge in [0, 0.05) is 25.7 Å². The Morgan fingerprint density at radius 1 is 1.25 bits per heavy atom. The summed E-state index contributed by atoms with van der Waals surface area (Å²) in [4.78, 5) is 14.3. The van der Waals surface area contributed by atoms with Gasteiger partial charge in [-0.1, -0.05) is 12.1 Å². The van der Waals surface area contributed by atoms with Gasteiger partial charge in [-0.25, -0.2) is 0 Å². The highest BCUT2D eigenvalue weighted by molar-refractivity contribution is 5.82. The molecule has 2 heterocycles. The number of halogens is 3. The number of rotatable bonds is 4. The molecule has 2 aliphatic heterocycles. The van der Waals surface area contributed by atoms with Gasteiger partial charge in [0.1, 0.15) is 0 Å². The van der Waals surface area contributed by atoms with E-state index in [-0.39, 0.29) is 18.0 Å². The van der Waals surface area contributed by atoms with Crippen molar-refractivity contribution in [3.63, 3.8) is 0 Å². The fourth-order valence-corrected chi connectivity index (χ4v) is 3.36. The summed E-state index contributed by atoms with van der Waals surface area (Å²) < 4.78 is 37.7. The minimum Gasteiger partial charge on any atom is -0.351 e. The number of hydrogen-bond acceptors (Lipinski definition) is 3. The molecule has 2 saturated heterocycles. The van der Waals surface area contributed by atoms with Crippen LogP contribution in [-0.4, -0.2) is 42.5 Å². The smallest absolute Gasteiger partial charge is 0.351 e. The Labute approximate surface area is 139 Å². The van der Waals surface area contributed by atoms with E-state index in [0.29, 0.717) is 6.54 Å². The standard InChI is InChI=1S/C17H22F3N3O/c18-17(19,20)13-5-3-12(4-6-13)10-23-9-7-14(11-23)22-16(24)15-2-1-8-21-15/h3-6,14-15,21H,1-2,7-11H2,(H,22,24)/t14-,15+/m1/s1. The predicted octanol–water partition coefficient (Wildman–Crippen LogP) is 2.15. The van der Waals surface area contributed by atoms with Gasteiger partial charge in [-0.2, -0.15) is 13.2 Å². The summed E-state index contributed by atoms with van der Waals surface area (Å²) in [5, 5.41) is 6.25. The molecule has 0 aliphatic carbocycles. The highest BCUT2D eigenvalue weighted by atomic mass is 19.4. The van der Waals surface area contributed by atoms with E-state index in [4.69, 9.17) is 0 Å². The van der Waals surface area contributed by atoms with E-state index in [2.05, 4.69) is 15.5 Å². The number of alkyl halides is 3. The molecule has 7 heteroatoms. The lowest BCUT2D eigenvalue weighted by molar-refractivity contribution is -0.137. The molecule has 1 amide bonds. The number of benzene rings is 1. The molecule has 4 nitrogen and oxygen atoms in total. The van der Waals surface area contributed by atoms with E-state index in [1.807, 2.05) is 0 Å². The lowest BCUT2D eigenvalue weighted by atomic mass is 10.1. The monoisotopic (exact) mass is 341 g/mol. The quantitative estimate of drug-likeness (QED) is 0.882. The van der Waals surface area contributed by atoms with E-state index in [1.54, 1.807) is 0 Å². The van der Waals surface area contributed by atoms with Gasteiger partial charge in [-0.15, -0.1) is 0 Å². The highest BCUT2D eigenvalue weighted by Crippen LogP contribution is 2.29. The van der Waals surface area contributed by atoms with Gasteiger partial charge < -0.3 is 10.6 Å². The Hall–Kier alpha value is -1.60. The summed E-state index contributed by atoms with van der Waals surface area (Å²) in [6.07, 6.45) is -1.51. The largest absolute Gasteiger partial charge is 0.416 e. The van der Waals surface area contributed by atoms with Crippen LogP contribution in [0.5, 0.6) is 0 Å². The first-order valence-electron chi connectivity index (χ1n) is 8.34. The van der Waals surface area contributed by atoms with Crippen LogP contribution in [0.1, 0.15) is 30.4 Å². The topological polar surface area (TPSA) is 44.4 Å². The van der Waals surface area contributed by atoms with Crippen LogP contribution in [0.25, 0.3) is 0 Å². The maximum atomic E-state index is 12.6. The zero-order valence-corrected chi connectivity index (χ0v) is 13.4. The van der Waals surface area contributed by atoms with Crippen LogP contribution in [-0.2, 0) is 17.5 Å². The Bertz CT molecular complexity index is 567. The van der Waals surface area contributed by atoms with Crippen molar-refractivity contribution in [1.82, 2.24) is 15.5 Å². The Balaban J connectivity index is 1.48. The van der Waals surface area contributed by atoms with Crippen molar-refractivity contribution < 1.29 is 18.0 Å². The number of carbonyl (C=O) groups is 1. The number of carbonyl (C=O) groups excluding carboxylic acids is 1. The van der Waals surface area contributed by atoms with Crippen LogP contribution >= 0.6 is 0 Å². The number of nitrogens with one attached hydrogen (secondary N) is 2. The first-order valence-corrected chi connectivity index (χ1v) is 8.34. The molecule has 0 aromatic heterocycles. The van der Waals surface area contributed by atoms with Gasteiger partial charge in [0.15, 0.2) is 0 Å². The molecule has 3 rings (SSSR count). The normalized spacial score (nSPS) is 25.1. The molecule has 24 heavy (non-hydrogen) atoms. The molecule has 2 aliphatic rings. The number of amides is 1. The molecule has 0 radical (unpaired) electrons. The zero-order valence-electron chi connectivity index (χ0n) is 13.4. The number of likely N-dealkylation sites (tertiary alicyclic amines) is 1. The molecule has 132 valence electrons. The molecule has 1 aromatic carbocycles. The van der Waals surface area contributed by atoms with E-state index >= 15 is 0 Å². The van der Waals surface area contributed by atoms with Gasteiger partial charge in [0.25, 0.3) is 0 Å². The lowest BCUT2D eigenvalue weighted by Gasteiger charge is -2.18. The fourth-order valence-electron chi connectivity index (χ4n) is 3.36. The van der Waals surface area contributed by atoms with Crippen LogP contribution in [0, 0.1) is 0 Å². The summed E-state index contributed by atoms with van der Waals surface area (Å²) in [7, 11) is 0. The molecule has 1 aromatic rings. The Morgan fingerprint density at radius 2 is 2.00 bits per heavy atom. The van der Waals surface area contributed by atoms with Gasteiger partial charge in [-0.05, 0) is 43.5 Å². The van der Waals surface area contributed by atoms with Crippen LogP contribution in [0.3, 0.4) is 0 Å². The van der Waals surface area contributed by atoms with E-state index in [1.165, 1.54) is 12.1 Å². The minimum atomic E-state index is -4.30. The van der Waals surface area contributed by atoms with Crippen molar-refractivity contribution >= 4 is 5.91 Å². The molecule has 2 fully saturated rings. The predicted molar refractivity (Wildman–Crippen MR) is 84.3 cm³/mol. The second-order valence-corrected chi connectivity index (χ2v) is 6.57. The van der Waals surface area contributed by atoms with Crippen molar-refractivity contribution in [3.8, 4) is 0 Å². The number of hydrogen-bond donors (Lipinski definition) is 2. The van der Waals surface area contributed by atoms with Gasteiger partial charge in [-0.3, -0.25) is 9.69 Å².